The van der Waals surface area contributed by atoms with Crippen molar-refractivity contribution in [2.24, 2.45) is 0 Å². The summed E-state index contributed by atoms with van der Waals surface area (Å²) in [5.74, 6) is -1.22. The highest BCUT2D eigenvalue weighted by Gasteiger charge is 2.27. The van der Waals surface area contributed by atoms with E-state index in [1.54, 1.807) is 31.2 Å². The molecule has 0 fully saturated rings. The summed E-state index contributed by atoms with van der Waals surface area (Å²) < 4.78 is 4.43. The molecule has 0 saturated carbocycles. The number of hydrogen-bond donors (Lipinski definition) is 0. The van der Waals surface area contributed by atoms with Crippen molar-refractivity contribution >= 4 is 17.7 Å². The Morgan fingerprint density at radius 2 is 1.72 bits per heavy atom. The minimum atomic E-state index is -0.627. The second kappa shape index (κ2) is 5.91. The van der Waals surface area contributed by atoms with Gasteiger partial charge in [0, 0.05) is 5.57 Å². The Morgan fingerprint density at radius 3 is 2.22 bits per heavy atom. The van der Waals surface area contributed by atoms with Gasteiger partial charge in [0.25, 0.3) is 0 Å². The molecule has 0 bridgehead atoms. The Bertz CT molecular complexity index is 516. The van der Waals surface area contributed by atoms with Gasteiger partial charge in [-0.15, -0.1) is 0 Å². The molecule has 0 unspecified atom stereocenters. The zero-order valence-corrected chi connectivity index (χ0v) is 10.5. The predicted molar refractivity (Wildman–Crippen MR) is 66.5 cm³/mol. The van der Waals surface area contributed by atoms with Crippen molar-refractivity contribution in [3.05, 3.63) is 47.1 Å². The summed E-state index contributed by atoms with van der Waals surface area (Å²) in [6, 6.07) is 0. The zero-order valence-electron chi connectivity index (χ0n) is 10.5. The van der Waals surface area contributed by atoms with Gasteiger partial charge in [0.2, 0.25) is 0 Å². The number of hydrogen-bond acceptors (Lipinski definition) is 4. The van der Waals surface area contributed by atoms with E-state index in [0.717, 1.165) is 0 Å². The maximum Gasteiger partial charge on any atom is 0.346 e. The van der Waals surface area contributed by atoms with Crippen LogP contribution in [0.3, 0.4) is 0 Å². The number of ether oxygens (including phenoxy) is 1. The van der Waals surface area contributed by atoms with Crippen molar-refractivity contribution in [3.8, 4) is 0 Å². The molecule has 0 radical (unpaired) electrons. The van der Waals surface area contributed by atoms with Gasteiger partial charge < -0.3 is 4.74 Å². The summed E-state index contributed by atoms with van der Waals surface area (Å²) in [5.41, 5.74) is 1.21. The van der Waals surface area contributed by atoms with Crippen LogP contribution < -0.4 is 0 Å². The molecule has 0 aromatic carbocycles. The summed E-state index contributed by atoms with van der Waals surface area (Å²) in [6.07, 6.45) is 8.15. The average Bonchev–Trinajstić information content (AvgIpc) is 2.54. The first-order valence-electron chi connectivity index (χ1n) is 5.43. The first-order valence-corrected chi connectivity index (χ1v) is 5.43. The summed E-state index contributed by atoms with van der Waals surface area (Å²) in [6.45, 7) is 4.75. The third kappa shape index (κ3) is 3.38. The van der Waals surface area contributed by atoms with Crippen molar-refractivity contribution in [1.29, 1.82) is 0 Å². The lowest BCUT2D eigenvalue weighted by atomic mass is 10.1. The first-order chi connectivity index (χ1) is 8.43. The minimum Gasteiger partial charge on any atom is -0.386 e. The number of allylic oxidation sites excluding steroid dienone is 5. The molecular weight excluding hydrogens is 232 g/mol. The molecule has 4 heteroatoms. The third-order valence-electron chi connectivity index (χ3n) is 2.50. The topological polar surface area (TPSA) is 60.4 Å². The van der Waals surface area contributed by atoms with E-state index < -0.39 is 11.9 Å². The van der Waals surface area contributed by atoms with Crippen LogP contribution in [0.15, 0.2) is 47.1 Å². The van der Waals surface area contributed by atoms with Crippen LogP contribution in [0, 0.1) is 0 Å². The van der Waals surface area contributed by atoms with E-state index in [1.165, 1.54) is 19.9 Å². The average molecular weight is 246 g/mol. The highest BCUT2D eigenvalue weighted by molar-refractivity contribution is 6.13. The van der Waals surface area contributed by atoms with Crippen molar-refractivity contribution in [1.82, 2.24) is 0 Å². The molecule has 1 aliphatic rings. The van der Waals surface area contributed by atoms with E-state index in [0.29, 0.717) is 11.1 Å². The highest BCUT2D eigenvalue weighted by Crippen LogP contribution is 2.17. The maximum absolute atomic E-state index is 11.2. The van der Waals surface area contributed by atoms with E-state index >= 15 is 0 Å². The van der Waals surface area contributed by atoms with Gasteiger partial charge in [-0.2, -0.15) is 0 Å². The molecular formula is C14H14O4. The fourth-order valence-electron chi connectivity index (χ4n) is 1.20. The molecule has 18 heavy (non-hydrogen) atoms. The molecule has 4 nitrogen and oxygen atoms in total. The molecule has 0 aliphatic carbocycles. The number of carbonyl (C=O) groups is 3. The number of carbonyl (C=O) groups excluding carboxylic acids is 3. The molecule has 1 heterocycles. The Labute approximate surface area is 105 Å². The molecule has 0 N–H and O–H groups in total. The van der Waals surface area contributed by atoms with Gasteiger partial charge >= 0.3 is 11.9 Å². The Kier molecular flexibility index (Phi) is 4.54. The smallest absolute Gasteiger partial charge is 0.346 e. The van der Waals surface area contributed by atoms with Gasteiger partial charge in [-0.05, 0) is 32.4 Å². The van der Waals surface area contributed by atoms with Crippen LogP contribution in [0.1, 0.15) is 20.8 Å². The molecule has 0 spiro atoms. The summed E-state index contributed by atoms with van der Waals surface area (Å²) in [5, 5.41) is 0. The normalized spacial score (nSPS) is 17.2. The number of cyclic esters (lactones) is 2. The molecule has 0 atom stereocenters. The first kappa shape index (κ1) is 13.8. The van der Waals surface area contributed by atoms with Crippen molar-refractivity contribution in [2.45, 2.75) is 20.8 Å². The third-order valence-corrected chi connectivity index (χ3v) is 2.50. The second-order valence-electron chi connectivity index (χ2n) is 3.87. The van der Waals surface area contributed by atoms with Crippen LogP contribution in [-0.2, 0) is 19.1 Å². The van der Waals surface area contributed by atoms with Gasteiger partial charge in [0.1, 0.15) is 0 Å². The van der Waals surface area contributed by atoms with Crippen LogP contribution in [0.2, 0.25) is 0 Å². The van der Waals surface area contributed by atoms with Crippen molar-refractivity contribution < 1.29 is 19.1 Å². The second-order valence-corrected chi connectivity index (χ2v) is 3.87. The zero-order chi connectivity index (χ0) is 13.7. The van der Waals surface area contributed by atoms with Crippen LogP contribution in [0.4, 0.5) is 0 Å². The molecule has 94 valence electrons. The van der Waals surface area contributed by atoms with Gasteiger partial charge in [0.05, 0.1) is 5.57 Å². The predicted octanol–water partition coefficient (Wildman–Crippen LogP) is 2.03. The quantitative estimate of drug-likeness (QED) is 0.329. The number of Topliss-reactive ketones (excluding diaryl/α,β-unsaturated/α-hetero) is 1. The molecule has 0 amide bonds. The maximum atomic E-state index is 11.2. The van der Waals surface area contributed by atoms with Gasteiger partial charge in [-0.3, -0.25) is 4.79 Å². The molecule has 1 rings (SSSR count). The molecule has 1 aliphatic heterocycles. The van der Waals surface area contributed by atoms with E-state index in [-0.39, 0.29) is 11.4 Å². The number of ketones is 1. The van der Waals surface area contributed by atoms with E-state index in [4.69, 9.17) is 0 Å². The Hall–Kier alpha value is -2.23. The Balaban J connectivity index is 2.70. The largest absolute Gasteiger partial charge is 0.386 e. The Morgan fingerprint density at radius 1 is 1.06 bits per heavy atom. The number of rotatable bonds is 4. The lowest BCUT2D eigenvalue weighted by Gasteiger charge is -1.88. The van der Waals surface area contributed by atoms with Gasteiger partial charge in [-0.1, -0.05) is 24.3 Å². The highest BCUT2D eigenvalue weighted by atomic mass is 16.6. The minimum absolute atomic E-state index is 0.00662. The summed E-state index contributed by atoms with van der Waals surface area (Å²) >= 11 is 0. The van der Waals surface area contributed by atoms with Crippen LogP contribution in [-0.4, -0.2) is 17.7 Å². The van der Waals surface area contributed by atoms with Crippen LogP contribution in [0.25, 0.3) is 0 Å². The van der Waals surface area contributed by atoms with Crippen LogP contribution >= 0.6 is 0 Å². The van der Waals surface area contributed by atoms with E-state index in [9.17, 15) is 14.4 Å². The molecule has 0 saturated heterocycles. The summed E-state index contributed by atoms with van der Waals surface area (Å²) in [4.78, 5) is 33.2. The van der Waals surface area contributed by atoms with Crippen molar-refractivity contribution in [3.63, 3.8) is 0 Å². The van der Waals surface area contributed by atoms with Gasteiger partial charge in [0.15, 0.2) is 5.78 Å². The van der Waals surface area contributed by atoms with E-state index in [2.05, 4.69) is 4.74 Å². The summed E-state index contributed by atoms with van der Waals surface area (Å²) in [7, 11) is 0. The molecule has 0 aromatic rings. The fourth-order valence-corrected chi connectivity index (χ4v) is 1.20. The lowest BCUT2D eigenvalue weighted by molar-refractivity contribution is -0.150. The molecule has 0 aromatic heterocycles. The van der Waals surface area contributed by atoms with Crippen molar-refractivity contribution in [2.75, 3.05) is 0 Å². The lowest BCUT2D eigenvalue weighted by Crippen LogP contribution is -2.00. The fraction of sp³-hybridized carbons (Fsp3) is 0.214. The SMILES string of the molecule is CC(=O)\C(C)=C/C=C/C=C/C1=C(C)C(=O)OC1=O. The number of esters is 2. The van der Waals surface area contributed by atoms with E-state index in [1.807, 2.05) is 0 Å². The van der Waals surface area contributed by atoms with Crippen LogP contribution in [0.5, 0.6) is 0 Å². The standard InChI is InChI=1S/C14H14O4/c1-9(11(3)15)7-5-4-6-8-12-10(2)13(16)18-14(12)17/h4-8H,1-3H3/b5-4+,8-6+,9-7-. The van der Waals surface area contributed by atoms with Gasteiger partial charge in [-0.25, -0.2) is 9.59 Å². The monoisotopic (exact) mass is 246 g/mol.